The summed E-state index contributed by atoms with van der Waals surface area (Å²) in [5.74, 6) is -1.16. The molecule has 3 N–H and O–H groups in total. The van der Waals surface area contributed by atoms with Gasteiger partial charge in [0.15, 0.2) is 0 Å². The van der Waals surface area contributed by atoms with Crippen molar-refractivity contribution in [3.8, 4) is 5.75 Å². The van der Waals surface area contributed by atoms with E-state index in [0.717, 1.165) is 11.6 Å². The van der Waals surface area contributed by atoms with Crippen molar-refractivity contribution in [3.05, 3.63) is 82.8 Å². The van der Waals surface area contributed by atoms with E-state index >= 15 is 0 Å². The van der Waals surface area contributed by atoms with Crippen LogP contribution in [-0.4, -0.2) is 48.7 Å². The van der Waals surface area contributed by atoms with Gasteiger partial charge in [-0.05, 0) is 48.9 Å². The lowest BCUT2D eigenvalue weighted by Gasteiger charge is -2.15. The van der Waals surface area contributed by atoms with Crippen LogP contribution in [-0.2, 0) is 0 Å². The van der Waals surface area contributed by atoms with E-state index < -0.39 is 17.6 Å². The Morgan fingerprint density at radius 1 is 1.00 bits per heavy atom. The van der Waals surface area contributed by atoms with E-state index in [1.54, 1.807) is 38.5 Å². The molecular formula is C24H24FN5O3. The number of benzene rings is 2. The molecule has 0 radical (unpaired) electrons. The molecule has 0 unspecified atom stereocenters. The number of halogens is 1. The summed E-state index contributed by atoms with van der Waals surface area (Å²) >= 11 is 0. The lowest BCUT2D eigenvalue weighted by atomic mass is 10.1. The van der Waals surface area contributed by atoms with Crippen molar-refractivity contribution in [2.75, 3.05) is 31.8 Å². The highest BCUT2D eigenvalue weighted by atomic mass is 19.1. The summed E-state index contributed by atoms with van der Waals surface area (Å²) in [5, 5.41) is 13.2. The zero-order valence-electron chi connectivity index (χ0n) is 18.7. The first-order valence-corrected chi connectivity index (χ1v) is 9.98. The number of aromatic nitrogens is 1. The number of anilines is 2. The van der Waals surface area contributed by atoms with Crippen LogP contribution in [0, 0.1) is 18.2 Å². The summed E-state index contributed by atoms with van der Waals surface area (Å²) in [7, 11) is 4.80. The summed E-state index contributed by atoms with van der Waals surface area (Å²) in [5.41, 5.74) is 1.36. The van der Waals surface area contributed by atoms with Gasteiger partial charge in [-0.2, -0.15) is 0 Å². The van der Waals surface area contributed by atoms with Gasteiger partial charge in [0.05, 0.1) is 23.9 Å². The second-order valence-corrected chi connectivity index (χ2v) is 7.48. The highest BCUT2D eigenvalue weighted by Crippen LogP contribution is 2.24. The fourth-order valence-corrected chi connectivity index (χ4v) is 2.97. The third-order valence-electron chi connectivity index (χ3n) is 4.81. The van der Waals surface area contributed by atoms with Crippen LogP contribution in [0.25, 0.3) is 0 Å². The maximum atomic E-state index is 14.6. The number of hydrogen-bond acceptors (Lipinski definition) is 5. The average molecular weight is 449 g/mol. The molecule has 0 aliphatic heterocycles. The third kappa shape index (κ3) is 5.51. The molecule has 9 heteroatoms. The number of carbonyl (C=O) groups is 2. The molecule has 0 saturated heterocycles. The minimum absolute atomic E-state index is 0.111. The molecule has 1 aromatic heterocycles. The molecule has 8 nitrogen and oxygen atoms in total. The fraction of sp³-hybridized carbons (Fsp3) is 0.167. The Kier molecular flexibility index (Phi) is 7.02. The van der Waals surface area contributed by atoms with Crippen LogP contribution in [0.5, 0.6) is 5.75 Å². The van der Waals surface area contributed by atoms with Gasteiger partial charge in [-0.1, -0.05) is 12.1 Å². The third-order valence-corrected chi connectivity index (χ3v) is 4.81. The van der Waals surface area contributed by atoms with Gasteiger partial charge in [-0.15, -0.1) is 0 Å². The number of methoxy groups -OCH3 is 1. The van der Waals surface area contributed by atoms with Crippen molar-refractivity contribution < 1.29 is 18.7 Å². The number of nitrogens with one attached hydrogen (secondary N) is 3. The van der Waals surface area contributed by atoms with Gasteiger partial charge < -0.3 is 20.3 Å². The molecule has 0 spiro atoms. The van der Waals surface area contributed by atoms with Crippen LogP contribution in [0.2, 0.25) is 0 Å². The first-order valence-electron chi connectivity index (χ1n) is 9.98. The Bertz CT molecular complexity index is 1210. The fourth-order valence-electron chi connectivity index (χ4n) is 2.97. The first kappa shape index (κ1) is 23.4. The van der Waals surface area contributed by atoms with E-state index in [1.807, 2.05) is 6.92 Å². The van der Waals surface area contributed by atoms with Gasteiger partial charge in [0.25, 0.3) is 11.8 Å². The topological polar surface area (TPSA) is 107 Å². The number of amidine groups is 1. The molecule has 33 heavy (non-hydrogen) atoms. The van der Waals surface area contributed by atoms with E-state index in [0.29, 0.717) is 17.1 Å². The standard InChI is InChI=1S/C24H24FN5O3/c1-14-5-10-21(27-13-14)29-24(32)18-12-16(33-4)7-9-20(18)28-23(31)17-8-6-15(11-19(17)25)22(26)30(2)3/h5-13,26H,1-4H3,(H,28,31)(H,27,29,32). The predicted molar refractivity (Wildman–Crippen MR) is 125 cm³/mol. The van der Waals surface area contributed by atoms with Crippen LogP contribution >= 0.6 is 0 Å². The van der Waals surface area contributed by atoms with Crippen molar-refractivity contribution >= 4 is 29.2 Å². The number of hydrogen-bond donors (Lipinski definition) is 3. The molecule has 170 valence electrons. The van der Waals surface area contributed by atoms with E-state index in [9.17, 15) is 14.0 Å². The summed E-state index contributed by atoms with van der Waals surface area (Å²) < 4.78 is 19.8. The number of pyridine rings is 1. The minimum atomic E-state index is -0.778. The van der Waals surface area contributed by atoms with Crippen LogP contribution in [0.1, 0.15) is 31.8 Å². The molecule has 0 bridgehead atoms. The molecule has 0 atom stereocenters. The number of rotatable bonds is 6. The van der Waals surface area contributed by atoms with Gasteiger partial charge in [-0.3, -0.25) is 15.0 Å². The van der Waals surface area contributed by atoms with Crippen molar-refractivity contribution in [2.24, 2.45) is 0 Å². The Balaban J connectivity index is 1.87. The molecule has 0 aliphatic carbocycles. The van der Waals surface area contributed by atoms with E-state index in [4.69, 9.17) is 10.1 Å². The summed E-state index contributed by atoms with van der Waals surface area (Å²) in [6.07, 6.45) is 1.62. The molecule has 0 saturated carbocycles. The maximum absolute atomic E-state index is 14.6. The number of nitrogens with zero attached hydrogens (tertiary/aromatic N) is 2. The van der Waals surface area contributed by atoms with Crippen LogP contribution in [0.3, 0.4) is 0 Å². The number of amides is 2. The van der Waals surface area contributed by atoms with Gasteiger partial charge in [0.1, 0.15) is 23.2 Å². The number of aryl methyl sites for hydroxylation is 1. The second-order valence-electron chi connectivity index (χ2n) is 7.48. The second kappa shape index (κ2) is 9.90. The maximum Gasteiger partial charge on any atom is 0.259 e. The Morgan fingerprint density at radius 3 is 2.33 bits per heavy atom. The highest BCUT2D eigenvalue weighted by Gasteiger charge is 2.19. The van der Waals surface area contributed by atoms with E-state index in [-0.39, 0.29) is 22.6 Å². The Hall–Kier alpha value is -4.27. The van der Waals surface area contributed by atoms with Crippen molar-refractivity contribution in [1.82, 2.24) is 9.88 Å². The summed E-state index contributed by atoms with van der Waals surface area (Å²) in [4.78, 5) is 31.4. The van der Waals surface area contributed by atoms with Crippen LogP contribution in [0.4, 0.5) is 15.9 Å². The van der Waals surface area contributed by atoms with Gasteiger partial charge in [-0.25, -0.2) is 9.37 Å². The zero-order valence-corrected chi connectivity index (χ0v) is 18.7. The minimum Gasteiger partial charge on any atom is -0.497 e. The Labute approximate surface area is 190 Å². The SMILES string of the molecule is COc1ccc(NC(=O)c2ccc(C(=N)N(C)C)cc2F)c(C(=O)Nc2ccc(C)cn2)c1. The molecule has 2 aromatic carbocycles. The molecule has 2 amide bonds. The lowest BCUT2D eigenvalue weighted by Crippen LogP contribution is -2.23. The monoisotopic (exact) mass is 449 g/mol. The van der Waals surface area contributed by atoms with Crippen LogP contribution < -0.4 is 15.4 Å². The van der Waals surface area contributed by atoms with E-state index in [2.05, 4.69) is 15.6 Å². The highest BCUT2D eigenvalue weighted by molar-refractivity contribution is 6.12. The van der Waals surface area contributed by atoms with Gasteiger partial charge in [0.2, 0.25) is 0 Å². The van der Waals surface area contributed by atoms with Crippen molar-refractivity contribution in [2.45, 2.75) is 6.92 Å². The van der Waals surface area contributed by atoms with Crippen molar-refractivity contribution in [1.29, 1.82) is 5.41 Å². The summed E-state index contributed by atoms with van der Waals surface area (Å²) in [6.45, 7) is 1.88. The van der Waals surface area contributed by atoms with Gasteiger partial charge >= 0.3 is 0 Å². The molecule has 1 heterocycles. The molecule has 3 aromatic rings. The summed E-state index contributed by atoms with van der Waals surface area (Å²) in [6, 6.07) is 11.9. The van der Waals surface area contributed by atoms with Crippen molar-refractivity contribution in [3.63, 3.8) is 0 Å². The molecule has 3 rings (SSSR count). The smallest absolute Gasteiger partial charge is 0.259 e. The number of ether oxygens (including phenoxy) is 1. The average Bonchev–Trinajstić information content (AvgIpc) is 2.79. The first-order chi connectivity index (χ1) is 15.7. The molecule has 0 aliphatic rings. The molecular weight excluding hydrogens is 425 g/mol. The van der Waals surface area contributed by atoms with Crippen LogP contribution in [0.15, 0.2) is 54.7 Å². The van der Waals surface area contributed by atoms with Gasteiger partial charge in [0, 0.05) is 25.9 Å². The molecule has 0 fully saturated rings. The normalized spacial score (nSPS) is 10.3. The quantitative estimate of drug-likeness (QED) is 0.390. The lowest BCUT2D eigenvalue weighted by molar-refractivity contribution is 0.102. The largest absolute Gasteiger partial charge is 0.497 e. The zero-order chi connectivity index (χ0) is 24.1. The predicted octanol–water partition coefficient (Wildman–Crippen LogP) is 3.93. The Morgan fingerprint density at radius 2 is 1.73 bits per heavy atom. The number of carbonyl (C=O) groups excluding carboxylic acids is 2. The van der Waals surface area contributed by atoms with E-state index in [1.165, 1.54) is 36.3 Å².